The van der Waals surface area contributed by atoms with Crippen molar-refractivity contribution >= 4 is 27.1 Å². The molecule has 0 spiro atoms. The van der Waals surface area contributed by atoms with E-state index in [1.807, 2.05) is 0 Å². The van der Waals surface area contributed by atoms with Gasteiger partial charge < -0.3 is 0 Å². The summed E-state index contributed by atoms with van der Waals surface area (Å²) >= 11 is 0. The van der Waals surface area contributed by atoms with Crippen LogP contribution in [0.1, 0.15) is 97.9 Å². The SMILES string of the molecule is CCC(C)c1cc2ccccc2c2ccccc12.Cc1ccc(C2(C)C=CC(c3ccccc3)=CC2)cc1.Cc1ccc2c(c1)C(C)(C)c1cc(C)ccc1-2. The summed E-state index contributed by atoms with van der Waals surface area (Å²) in [5, 5.41) is 5.50. The molecule has 0 nitrogen and oxygen atoms in total. The van der Waals surface area contributed by atoms with Gasteiger partial charge >= 0.3 is 0 Å². The largest absolute Gasteiger partial charge is 0.0755 e. The van der Waals surface area contributed by atoms with Gasteiger partial charge in [-0.3, -0.25) is 0 Å². The first-order valence-electron chi connectivity index (χ1n) is 20.1. The molecule has 9 rings (SSSR count). The number of hydrogen-bond acceptors (Lipinski definition) is 0. The molecule has 0 aromatic heterocycles. The molecule has 0 N–H and O–H groups in total. The Morgan fingerprint density at radius 3 is 1.69 bits per heavy atom. The smallest absolute Gasteiger partial charge is 0.0159 e. The fraction of sp³-hybridized carbons (Fsp3) is 0.236. The van der Waals surface area contributed by atoms with Crippen molar-refractivity contribution in [3.63, 3.8) is 0 Å². The van der Waals surface area contributed by atoms with Gasteiger partial charge in [0.2, 0.25) is 0 Å². The van der Waals surface area contributed by atoms with Crippen molar-refractivity contribution in [1.82, 2.24) is 0 Å². The van der Waals surface area contributed by atoms with Gasteiger partial charge in [0.25, 0.3) is 0 Å². The Morgan fingerprint density at radius 2 is 1.11 bits per heavy atom. The van der Waals surface area contributed by atoms with Gasteiger partial charge in [-0.2, -0.15) is 0 Å². The van der Waals surface area contributed by atoms with E-state index in [-0.39, 0.29) is 10.8 Å². The Balaban J connectivity index is 0.000000127. The molecule has 2 aliphatic carbocycles. The Labute approximate surface area is 330 Å². The first kappa shape index (κ1) is 37.8. The van der Waals surface area contributed by atoms with E-state index in [1.165, 1.54) is 89.2 Å². The van der Waals surface area contributed by atoms with Crippen LogP contribution in [0.3, 0.4) is 0 Å². The molecule has 0 aliphatic heterocycles. The van der Waals surface area contributed by atoms with Crippen molar-refractivity contribution in [3.05, 3.63) is 208 Å². The molecular formula is C55H56. The lowest BCUT2D eigenvalue weighted by Crippen LogP contribution is -2.20. The van der Waals surface area contributed by atoms with Crippen LogP contribution < -0.4 is 0 Å². The van der Waals surface area contributed by atoms with Crippen LogP contribution in [-0.2, 0) is 10.8 Å². The molecule has 0 radical (unpaired) electrons. The second-order valence-electron chi connectivity index (χ2n) is 16.6. The highest BCUT2D eigenvalue weighted by molar-refractivity contribution is 6.09. The van der Waals surface area contributed by atoms with Gasteiger partial charge in [0.05, 0.1) is 0 Å². The highest BCUT2D eigenvalue weighted by Gasteiger charge is 2.35. The zero-order chi connectivity index (χ0) is 38.7. The van der Waals surface area contributed by atoms with Crippen molar-refractivity contribution in [3.8, 4) is 11.1 Å². The summed E-state index contributed by atoms with van der Waals surface area (Å²) in [6.07, 6.45) is 9.20. The van der Waals surface area contributed by atoms with Gasteiger partial charge in [0.1, 0.15) is 0 Å². The van der Waals surface area contributed by atoms with Gasteiger partial charge in [-0.05, 0) is 106 Å². The van der Waals surface area contributed by atoms with E-state index in [9.17, 15) is 0 Å². The van der Waals surface area contributed by atoms with Crippen molar-refractivity contribution in [2.75, 3.05) is 0 Å². The third-order valence-electron chi connectivity index (χ3n) is 12.1. The maximum atomic E-state index is 2.37. The molecule has 0 fully saturated rings. The van der Waals surface area contributed by atoms with Crippen LogP contribution in [0.2, 0.25) is 0 Å². The maximum absolute atomic E-state index is 2.37. The quantitative estimate of drug-likeness (QED) is 0.159. The molecule has 55 heavy (non-hydrogen) atoms. The van der Waals surface area contributed by atoms with E-state index in [4.69, 9.17) is 0 Å². The Hall–Kier alpha value is -5.46. The van der Waals surface area contributed by atoms with Gasteiger partial charge in [-0.25, -0.2) is 0 Å². The Kier molecular flexibility index (Phi) is 10.8. The lowest BCUT2D eigenvalue weighted by Gasteiger charge is -2.29. The molecule has 2 aliphatic rings. The van der Waals surface area contributed by atoms with Crippen LogP contribution >= 0.6 is 0 Å². The topological polar surface area (TPSA) is 0 Å². The van der Waals surface area contributed by atoms with E-state index < -0.39 is 0 Å². The molecular weight excluding hydrogens is 661 g/mol. The first-order chi connectivity index (χ1) is 26.5. The molecule has 276 valence electrons. The minimum Gasteiger partial charge on any atom is -0.0755 e. The summed E-state index contributed by atoms with van der Waals surface area (Å²) in [6.45, 7) is 18.0. The standard InChI is InChI=1S/C20H20.C18H18.C17H18/c1-16-8-10-19(11-9-16)20(2)14-12-18(13-15-20)17-6-4-3-5-7-17;1-3-13(2)18-12-14-8-4-5-9-15(14)16-10-6-7-11-17(16)18;1-11-5-7-13-14-8-6-12(2)10-16(14)17(3,4)15(13)9-11/h3-14H,15H2,1-2H3;4-13H,3H2,1-2H3;5-10H,1-4H3. The van der Waals surface area contributed by atoms with E-state index in [0.29, 0.717) is 5.92 Å². The van der Waals surface area contributed by atoms with Crippen LogP contribution in [0.5, 0.6) is 0 Å². The molecule has 0 heterocycles. The van der Waals surface area contributed by atoms with Gasteiger partial charge in [0.15, 0.2) is 0 Å². The lowest BCUT2D eigenvalue weighted by atomic mass is 9.75. The van der Waals surface area contributed by atoms with Gasteiger partial charge in [0, 0.05) is 10.8 Å². The summed E-state index contributed by atoms with van der Waals surface area (Å²) in [7, 11) is 0. The van der Waals surface area contributed by atoms with E-state index >= 15 is 0 Å². The second-order valence-corrected chi connectivity index (χ2v) is 16.6. The summed E-state index contributed by atoms with van der Waals surface area (Å²) in [5.41, 5.74) is 15.5. The van der Waals surface area contributed by atoms with Crippen molar-refractivity contribution in [1.29, 1.82) is 0 Å². The van der Waals surface area contributed by atoms with Crippen LogP contribution in [-0.4, -0.2) is 0 Å². The fourth-order valence-corrected chi connectivity index (χ4v) is 8.40. The van der Waals surface area contributed by atoms with Crippen LogP contribution in [0.15, 0.2) is 164 Å². The van der Waals surface area contributed by atoms with E-state index in [0.717, 1.165) is 6.42 Å². The fourth-order valence-electron chi connectivity index (χ4n) is 8.40. The molecule has 7 aromatic rings. The Morgan fingerprint density at radius 1 is 0.564 bits per heavy atom. The minimum absolute atomic E-state index is 0.117. The third-order valence-corrected chi connectivity index (χ3v) is 12.1. The molecule has 0 saturated heterocycles. The molecule has 0 saturated carbocycles. The average molecular weight is 717 g/mol. The molecule has 7 aromatic carbocycles. The summed E-state index contributed by atoms with van der Waals surface area (Å²) in [6, 6.07) is 53.0. The highest BCUT2D eigenvalue weighted by atomic mass is 14.4. The number of fused-ring (bicyclic) bond motifs is 6. The normalized spacial score (nSPS) is 16.9. The zero-order valence-electron chi connectivity index (χ0n) is 34.1. The molecule has 0 heteroatoms. The van der Waals surface area contributed by atoms with Crippen LogP contribution in [0.25, 0.3) is 38.2 Å². The maximum Gasteiger partial charge on any atom is 0.0159 e. The van der Waals surface area contributed by atoms with Gasteiger partial charge in [-0.15, -0.1) is 0 Å². The van der Waals surface area contributed by atoms with Crippen molar-refractivity contribution in [2.24, 2.45) is 0 Å². The predicted molar refractivity (Wildman–Crippen MR) is 240 cm³/mol. The molecule has 2 unspecified atom stereocenters. The van der Waals surface area contributed by atoms with E-state index in [1.54, 1.807) is 0 Å². The summed E-state index contributed by atoms with van der Waals surface area (Å²) < 4.78 is 0. The predicted octanol–water partition coefficient (Wildman–Crippen LogP) is 15.4. The highest BCUT2D eigenvalue weighted by Crippen LogP contribution is 2.49. The molecule has 2 atom stereocenters. The van der Waals surface area contributed by atoms with Crippen LogP contribution in [0.4, 0.5) is 0 Å². The monoisotopic (exact) mass is 716 g/mol. The lowest BCUT2D eigenvalue weighted by molar-refractivity contribution is 0.601. The van der Waals surface area contributed by atoms with Crippen molar-refractivity contribution in [2.45, 2.75) is 85.0 Å². The van der Waals surface area contributed by atoms with E-state index in [2.05, 4.69) is 219 Å². The Bertz CT molecular complexity index is 2450. The molecule has 0 amide bonds. The second kappa shape index (κ2) is 15.7. The van der Waals surface area contributed by atoms with Crippen molar-refractivity contribution < 1.29 is 0 Å². The summed E-state index contributed by atoms with van der Waals surface area (Å²) in [5.74, 6) is 0.611. The zero-order valence-corrected chi connectivity index (χ0v) is 34.1. The molecule has 0 bridgehead atoms. The number of aryl methyl sites for hydroxylation is 3. The number of allylic oxidation sites excluding steroid dienone is 4. The van der Waals surface area contributed by atoms with Gasteiger partial charge in [-0.1, -0.05) is 215 Å². The average Bonchev–Trinajstić information content (AvgIpc) is 3.43. The number of rotatable bonds is 4. The van der Waals surface area contributed by atoms with Crippen LogP contribution in [0, 0.1) is 20.8 Å². The number of benzene rings is 7. The third kappa shape index (κ3) is 7.74. The number of hydrogen-bond donors (Lipinski definition) is 0. The first-order valence-corrected chi connectivity index (χ1v) is 20.1. The minimum atomic E-state index is 0.117. The summed E-state index contributed by atoms with van der Waals surface area (Å²) in [4.78, 5) is 0.